The van der Waals surface area contributed by atoms with Crippen molar-refractivity contribution in [2.45, 2.75) is 45.6 Å². The molecule has 172 valence electrons. The summed E-state index contributed by atoms with van der Waals surface area (Å²) in [5, 5.41) is 3.84. The molecule has 4 rings (SSSR count). The lowest BCUT2D eigenvalue weighted by atomic mass is 9.99. The van der Waals surface area contributed by atoms with Crippen LogP contribution in [0.25, 0.3) is 10.9 Å². The van der Waals surface area contributed by atoms with E-state index in [0.717, 1.165) is 34.3 Å². The number of aromatic nitrogens is 1. The molecule has 0 unspecified atom stereocenters. The van der Waals surface area contributed by atoms with Gasteiger partial charge in [0.2, 0.25) is 5.91 Å². The van der Waals surface area contributed by atoms with Crippen LogP contribution in [-0.2, 0) is 11.2 Å². The lowest BCUT2D eigenvalue weighted by Gasteiger charge is -2.18. The van der Waals surface area contributed by atoms with Crippen molar-refractivity contribution in [3.8, 4) is 5.75 Å². The molecule has 0 aliphatic carbocycles. The van der Waals surface area contributed by atoms with Gasteiger partial charge in [0.05, 0.1) is 24.1 Å². The van der Waals surface area contributed by atoms with Gasteiger partial charge in [-0.2, -0.15) is 0 Å². The summed E-state index contributed by atoms with van der Waals surface area (Å²) in [6.07, 6.45) is 1.21. The Morgan fingerprint density at radius 1 is 1.15 bits per heavy atom. The van der Waals surface area contributed by atoms with Gasteiger partial charge >= 0.3 is 0 Å². The van der Waals surface area contributed by atoms with Crippen LogP contribution in [0.3, 0.4) is 0 Å². The second-order valence-corrected chi connectivity index (χ2v) is 8.82. The van der Waals surface area contributed by atoms with Crippen LogP contribution in [0.2, 0.25) is 0 Å². The fraction of sp³-hybridized carbons (Fsp3) is 0.370. The van der Waals surface area contributed by atoms with Gasteiger partial charge in [-0.25, -0.2) is 0 Å². The molecule has 0 bridgehead atoms. The van der Waals surface area contributed by atoms with Gasteiger partial charge in [-0.15, -0.1) is 0 Å². The number of benzene rings is 2. The normalized spacial score (nSPS) is 15.8. The van der Waals surface area contributed by atoms with Crippen molar-refractivity contribution in [3.05, 3.63) is 71.4 Å². The highest BCUT2D eigenvalue weighted by atomic mass is 16.5. The van der Waals surface area contributed by atoms with Gasteiger partial charge in [-0.05, 0) is 57.0 Å². The Bertz CT molecular complexity index is 1140. The Hall–Kier alpha value is -3.41. The molecule has 1 saturated heterocycles. The average Bonchev–Trinajstić information content (AvgIpc) is 3.30. The van der Waals surface area contributed by atoms with E-state index in [2.05, 4.69) is 5.32 Å². The van der Waals surface area contributed by atoms with Crippen molar-refractivity contribution in [2.24, 2.45) is 0 Å². The fourth-order valence-corrected chi connectivity index (χ4v) is 4.32. The molecule has 0 saturated carbocycles. The van der Waals surface area contributed by atoms with Gasteiger partial charge in [0.1, 0.15) is 5.75 Å². The highest BCUT2D eigenvalue weighted by molar-refractivity contribution is 6.06. The van der Waals surface area contributed by atoms with E-state index in [0.29, 0.717) is 31.7 Å². The third kappa shape index (κ3) is 5.33. The van der Waals surface area contributed by atoms with E-state index in [4.69, 9.17) is 9.72 Å². The second kappa shape index (κ2) is 10.0. The van der Waals surface area contributed by atoms with Crippen LogP contribution in [0.15, 0.2) is 54.6 Å². The maximum atomic E-state index is 12.9. The van der Waals surface area contributed by atoms with Crippen molar-refractivity contribution < 1.29 is 14.3 Å². The van der Waals surface area contributed by atoms with Crippen molar-refractivity contribution in [2.75, 3.05) is 19.7 Å². The Morgan fingerprint density at radius 3 is 2.64 bits per heavy atom. The molecule has 3 aromatic rings. The summed E-state index contributed by atoms with van der Waals surface area (Å²) in [5.74, 6) is 0.950. The predicted octanol–water partition coefficient (Wildman–Crippen LogP) is 4.33. The van der Waals surface area contributed by atoms with Crippen LogP contribution < -0.4 is 10.1 Å². The number of pyridine rings is 1. The van der Waals surface area contributed by atoms with Crippen LogP contribution in [-0.4, -0.2) is 47.4 Å². The highest BCUT2D eigenvalue weighted by Crippen LogP contribution is 2.30. The molecule has 33 heavy (non-hydrogen) atoms. The van der Waals surface area contributed by atoms with Crippen molar-refractivity contribution in [1.82, 2.24) is 15.2 Å². The zero-order valence-corrected chi connectivity index (χ0v) is 19.5. The van der Waals surface area contributed by atoms with Crippen molar-refractivity contribution >= 4 is 22.7 Å². The molecule has 1 fully saturated rings. The molecule has 2 aromatic carbocycles. The van der Waals surface area contributed by atoms with Gasteiger partial charge in [0.15, 0.2) is 0 Å². The first-order valence-electron chi connectivity index (χ1n) is 11.6. The van der Waals surface area contributed by atoms with Crippen molar-refractivity contribution in [3.63, 3.8) is 0 Å². The number of amides is 2. The summed E-state index contributed by atoms with van der Waals surface area (Å²) in [6, 6.07) is 17.4. The summed E-state index contributed by atoms with van der Waals surface area (Å²) < 4.78 is 5.48. The molecule has 1 aliphatic rings. The van der Waals surface area contributed by atoms with Crippen molar-refractivity contribution in [1.29, 1.82) is 0 Å². The average molecular weight is 446 g/mol. The quantitative estimate of drug-likeness (QED) is 0.588. The molecule has 2 heterocycles. The van der Waals surface area contributed by atoms with E-state index in [9.17, 15) is 9.59 Å². The number of carbonyl (C=O) groups excluding carboxylic acids is 2. The van der Waals surface area contributed by atoms with E-state index in [1.54, 1.807) is 0 Å². The Kier molecular flexibility index (Phi) is 6.92. The maximum absolute atomic E-state index is 12.9. The van der Waals surface area contributed by atoms with E-state index >= 15 is 0 Å². The van der Waals surface area contributed by atoms with E-state index in [1.807, 2.05) is 80.3 Å². The number of rotatable bonds is 7. The van der Waals surface area contributed by atoms with Gasteiger partial charge in [0, 0.05) is 36.1 Å². The topological polar surface area (TPSA) is 71.5 Å². The summed E-state index contributed by atoms with van der Waals surface area (Å²) in [6.45, 7) is 7.79. The first-order chi connectivity index (χ1) is 15.9. The minimum Gasteiger partial charge on any atom is -0.494 e. The smallest absolute Gasteiger partial charge is 0.252 e. The molecule has 1 atom stereocenters. The molecular formula is C27H31N3O3. The lowest BCUT2D eigenvalue weighted by molar-refractivity contribution is -0.129. The third-order valence-electron chi connectivity index (χ3n) is 5.95. The summed E-state index contributed by atoms with van der Waals surface area (Å²) in [5.41, 5.74) is 3.30. The Labute approximate surface area is 195 Å². The number of fused-ring (bicyclic) bond motifs is 1. The minimum absolute atomic E-state index is 0.0510. The first-order valence-corrected chi connectivity index (χ1v) is 11.6. The number of nitrogens with one attached hydrogen (secondary N) is 1. The number of hydrogen-bond acceptors (Lipinski definition) is 4. The van der Waals surface area contributed by atoms with Gasteiger partial charge in [-0.3, -0.25) is 14.6 Å². The first kappa shape index (κ1) is 22.8. The van der Waals surface area contributed by atoms with E-state index < -0.39 is 0 Å². The molecule has 1 aromatic heterocycles. The van der Waals surface area contributed by atoms with Gasteiger partial charge in [-0.1, -0.05) is 30.3 Å². The predicted molar refractivity (Wildman–Crippen MR) is 130 cm³/mol. The van der Waals surface area contributed by atoms with Crippen LogP contribution in [0, 0.1) is 0 Å². The number of carbonyl (C=O) groups is 2. The Morgan fingerprint density at radius 2 is 1.91 bits per heavy atom. The van der Waals surface area contributed by atoms with E-state index in [-0.39, 0.29) is 23.8 Å². The zero-order valence-electron chi connectivity index (χ0n) is 19.5. The van der Waals surface area contributed by atoms with Crippen LogP contribution in [0.4, 0.5) is 0 Å². The molecule has 2 amide bonds. The van der Waals surface area contributed by atoms with Crippen LogP contribution in [0.5, 0.6) is 5.75 Å². The maximum Gasteiger partial charge on any atom is 0.252 e. The number of ether oxygens (including phenoxy) is 1. The fourth-order valence-electron chi connectivity index (χ4n) is 4.32. The summed E-state index contributed by atoms with van der Waals surface area (Å²) >= 11 is 0. The molecule has 1 N–H and O–H groups in total. The van der Waals surface area contributed by atoms with Crippen LogP contribution >= 0.6 is 0 Å². The monoisotopic (exact) mass is 445 g/mol. The number of nitrogens with zero attached hydrogens (tertiary/aromatic N) is 2. The van der Waals surface area contributed by atoms with Crippen LogP contribution in [0.1, 0.15) is 54.7 Å². The highest BCUT2D eigenvalue weighted by Gasteiger charge is 2.29. The Balaban J connectivity index is 1.49. The number of para-hydroxylation sites is 1. The molecule has 1 aliphatic heterocycles. The molecular weight excluding hydrogens is 414 g/mol. The summed E-state index contributed by atoms with van der Waals surface area (Å²) in [4.78, 5) is 32.5. The summed E-state index contributed by atoms with van der Waals surface area (Å²) in [7, 11) is 0. The van der Waals surface area contributed by atoms with Gasteiger partial charge in [0.25, 0.3) is 5.91 Å². The lowest BCUT2D eigenvalue weighted by Crippen LogP contribution is -2.31. The largest absolute Gasteiger partial charge is 0.494 e. The molecule has 0 radical (unpaired) electrons. The second-order valence-electron chi connectivity index (χ2n) is 8.82. The zero-order chi connectivity index (χ0) is 23.4. The molecule has 6 heteroatoms. The number of likely N-dealkylation sites (tertiary alicyclic amines) is 1. The SMILES string of the molecule is CCOc1ccc(CC(=O)N2CC[C@@H](c3cc(C(=O)NC(C)C)c4ccccc4n3)C2)cc1. The molecule has 6 nitrogen and oxygen atoms in total. The third-order valence-corrected chi connectivity index (χ3v) is 5.95. The van der Waals surface area contributed by atoms with Gasteiger partial charge < -0.3 is 15.0 Å². The van der Waals surface area contributed by atoms with E-state index in [1.165, 1.54) is 0 Å². The standard InChI is InChI=1S/C27H31N3O3/c1-4-33-21-11-9-19(10-12-21)15-26(31)30-14-13-20(17-30)25-16-23(27(32)28-18(2)3)22-7-5-6-8-24(22)29-25/h5-12,16,18,20H,4,13-15,17H2,1-3H3,(H,28,32)/t20-/m1/s1. The minimum atomic E-state index is -0.0914. The molecule has 0 spiro atoms. The number of hydrogen-bond donors (Lipinski definition) is 1.